The first-order chi connectivity index (χ1) is 14.2. The number of aryl methyl sites for hydroxylation is 1. The van der Waals surface area contributed by atoms with Crippen molar-refractivity contribution in [3.63, 3.8) is 0 Å². The summed E-state index contributed by atoms with van der Waals surface area (Å²) >= 11 is 2.04. The molecule has 0 unspecified atom stereocenters. The number of pyridine rings is 1. The number of hydrogen-bond acceptors (Lipinski definition) is 3. The Kier molecular flexibility index (Phi) is 5.29. The van der Waals surface area contributed by atoms with Gasteiger partial charge in [-0.1, -0.05) is 13.3 Å². The Morgan fingerprint density at radius 3 is 2.62 bits per heavy atom. The van der Waals surface area contributed by atoms with E-state index in [1.54, 1.807) is 0 Å². The van der Waals surface area contributed by atoms with Crippen LogP contribution >= 0.6 is 11.8 Å². The van der Waals surface area contributed by atoms with Crippen LogP contribution in [0.2, 0.25) is 0 Å². The number of nitrogens with zero attached hydrogens (tertiary/aromatic N) is 1. The second-order valence-electron chi connectivity index (χ2n) is 8.85. The fraction of sp³-hybridized carbons (Fsp3) is 0.480. The summed E-state index contributed by atoms with van der Waals surface area (Å²) in [4.78, 5) is 9.38. The summed E-state index contributed by atoms with van der Waals surface area (Å²) in [6.07, 6.45) is 11.3. The van der Waals surface area contributed by atoms with Crippen LogP contribution < -0.4 is 5.32 Å². The lowest BCUT2D eigenvalue weighted by atomic mass is 9.84. The zero-order chi connectivity index (χ0) is 19.8. The van der Waals surface area contributed by atoms with Gasteiger partial charge in [0.1, 0.15) is 5.65 Å². The quantitative estimate of drug-likeness (QED) is 0.456. The Morgan fingerprint density at radius 1 is 1.03 bits per heavy atom. The van der Waals surface area contributed by atoms with Gasteiger partial charge in [-0.2, -0.15) is 0 Å². The third-order valence-electron chi connectivity index (χ3n) is 6.55. The molecule has 2 aliphatic rings. The maximum Gasteiger partial charge on any atom is 0.138 e. The molecule has 0 radical (unpaired) electrons. The minimum Gasteiger partial charge on any atom is -0.382 e. The van der Waals surface area contributed by atoms with Crippen LogP contribution in [0.3, 0.4) is 0 Å². The molecule has 2 saturated carbocycles. The van der Waals surface area contributed by atoms with E-state index in [4.69, 9.17) is 0 Å². The molecule has 2 N–H and O–H groups in total. The van der Waals surface area contributed by atoms with Gasteiger partial charge in [-0.05, 0) is 87.3 Å². The van der Waals surface area contributed by atoms with E-state index in [2.05, 4.69) is 59.5 Å². The van der Waals surface area contributed by atoms with Crippen molar-refractivity contribution in [2.75, 3.05) is 5.32 Å². The van der Waals surface area contributed by atoms with Crippen LogP contribution in [0, 0.1) is 12.8 Å². The van der Waals surface area contributed by atoms with Gasteiger partial charge in [-0.25, -0.2) is 4.98 Å². The van der Waals surface area contributed by atoms with Crippen LogP contribution in [-0.4, -0.2) is 21.3 Å². The first-order valence-corrected chi connectivity index (χ1v) is 12.1. The van der Waals surface area contributed by atoms with Gasteiger partial charge in [-0.3, -0.25) is 0 Å². The third kappa shape index (κ3) is 4.18. The minimum absolute atomic E-state index is 0.586. The number of aromatic amines is 1. The fourth-order valence-corrected chi connectivity index (χ4v) is 5.74. The van der Waals surface area contributed by atoms with Crippen molar-refractivity contribution in [3.8, 4) is 11.1 Å². The Morgan fingerprint density at radius 2 is 1.86 bits per heavy atom. The van der Waals surface area contributed by atoms with Gasteiger partial charge in [-0.15, -0.1) is 11.8 Å². The summed E-state index contributed by atoms with van der Waals surface area (Å²) in [7, 11) is 0. The highest BCUT2D eigenvalue weighted by atomic mass is 32.2. The fourth-order valence-electron chi connectivity index (χ4n) is 4.65. The number of fused-ring (bicyclic) bond motifs is 1. The smallest absolute Gasteiger partial charge is 0.138 e. The second-order valence-corrected chi connectivity index (χ2v) is 10.2. The largest absolute Gasteiger partial charge is 0.382 e. The van der Waals surface area contributed by atoms with E-state index in [9.17, 15) is 0 Å². The lowest BCUT2D eigenvalue weighted by Crippen LogP contribution is -2.26. The molecular formula is C25H31N3S. The lowest BCUT2D eigenvalue weighted by Gasteiger charge is -2.30. The highest BCUT2D eigenvalue weighted by molar-refractivity contribution is 8.00. The predicted molar refractivity (Wildman–Crippen MR) is 125 cm³/mol. The molecule has 3 nitrogen and oxygen atoms in total. The molecular weight excluding hydrogens is 374 g/mol. The van der Waals surface area contributed by atoms with Crippen LogP contribution in [-0.2, 0) is 0 Å². The highest BCUT2D eigenvalue weighted by Gasteiger charge is 2.24. The molecule has 1 aromatic carbocycles. The number of H-pyrrole nitrogens is 1. The molecule has 4 heteroatoms. The normalized spacial score (nSPS) is 22.1. The molecule has 2 fully saturated rings. The molecule has 2 aromatic heterocycles. The van der Waals surface area contributed by atoms with Crippen molar-refractivity contribution < 1.29 is 0 Å². The van der Waals surface area contributed by atoms with Crippen molar-refractivity contribution in [2.45, 2.75) is 75.0 Å². The molecule has 0 amide bonds. The first-order valence-electron chi connectivity index (χ1n) is 11.2. The van der Waals surface area contributed by atoms with Crippen molar-refractivity contribution in [3.05, 3.63) is 42.2 Å². The zero-order valence-electron chi connectivity index (χ0n) is 17.5. The van der Waals surface area contributed by atoms with E-state index in [-0.39, 0.29) is 0 Å². The second kappa shape index (κ2) is 8.06. The van der Waals surface area contributed by atoms with Crippen LogP contribution in [0.15, 0.2) is 41.4 Å². The summed E-state index contributed by atoms with van der Waals surface area (Å²) < 4.78 is 0. The molecule has 5 rings (SSSR count). The Labute approximate surface area is 178 Å². The number of aromatic nitrogens is 2. The van der Waals surface area contributed by atoms with Crippen molar-refractivity contribution >= 4 is 28.5 Å². The molecule has 0 saturated heterocycles. The topological polar surface area (TPSA) is 40.7 Å². The summed E-state index contributed by atoms with van der Waals surface area (Å²) in [6.45, 7) is 4.42. The third-order valence-corrected chi connectivity index (χ3v) is 7.88. The predicted octanol–water partition coefficient (Wildman–Crippen LogP) is 7.17. The highest BCUT2D eigenvalue weighted by Crippen LogP contribution is 2.43. The van der Waals surface area contributed by atoms with E-state index in [1.807, 2.05) is 18.0 Å². The Hall–Kier alpha value is -1.94. The Balaban J connectivity index is 1.51. The first kappa shape index (κ1) is 19.0. The van der Waals surface area contributed by atoms with E-state index in [0.717, 1.165) is 22.5 Å². The van der Waals surface area contributed by atoms with Crippen molar-refractivity contribution in [1.82, 2.24) is 9.97 Å². The maximum absolute atomic E-state index is 4.68. The minimum atomic E-state index is 0.586. The lowest BCUT2D eigenvalue weighted by molar-refractivity contribution is 0.330. The van der Waals surface area contributed by atoms with Crippen LogP contribution in [0.1, 0.15) is 57.6 Å². The standard InChI is InChI=1S/C25H31N3S/c1-3-17-4-6-18(7-5-17)28-24-11-10-20(29-19-8-9-19)15-23(24)22-14-16(2)27-25-21(22)12-13-26-25/h10-15,17-19,28H,3-9H2,1-2H3,(H,26,27). The van der Waals surface area contributed by atoms with E-state index < -0.39 is 0 Å². The monoisotopic (exact) mass is 405 g/mol. The summed E-state index contributed by atoms with van der Waals surface area (Å²) in [6, 6.07) is 12.0. The van der Waals surface area contributed by atoms with E-state index in [1.165, 1.54) is 72.0 Å². The average Bonchev–Trinajstić information content (AvgIpc) is 3.42. The Bertz CT molecular complexity index is 996. The number of anilines is 1. The summed E-state index contributed by atoms with van der Waals surface area (Å²) in [5.74, 6) is 0.923. The van der Waals surface area contributed by atoms with Gasteiger partial charge in [0.2, 0.25) is 0 Å². The van der Waals surface area contributed by atoms with Gasteiger partial charge in [0.15, 0.2) is 0 Å². The van der Waals surface area contributed by atoms with Crippen molar-refractivity contribution in [1.29, 1.82) is 0 Å². The van der Waals surface area contributed by atoms with Gasteiger partial charge >= 0.3 is 0 Å². The number of thioether (sulfide) groups is 1. The molecule has 0 aliphatic heterocycles. The van der Waals surface area contributed by atoms with Gasteiger partial charge in [0.25, 0.3) is 0 Å². The van der Waals surface area contributed by atoms with Crippen LogP contribution in [0.25, 0.3) is 22.2 Å². The molecule has 0 bridgehead atoms. The number of hydrogen-bond donors (Lipinski definition) is 2. The molecule has 152 valence electrons. The maximum atomic E-state index is 4.68. The van der Waals surface area contributed by atoms with Gasteiger partial charge in [0.05, 0.1) is 0 Å². The molecule has 29 heavy (non-hydrogen) atoms. The van der Waals surface area contributed by atoms with E-state index in [0.29, 0.717) is 6.04 Å². The summed E-state index contributed by atoms with van der Waals surface area (Å²) in [5, 5.41) is 5.95. The zero-order valence-corrected chi connectivity index (χ0v) is 18.3. The molecule has 2 heterocycles. The van der Waals surface area contributed by atoms with E-state index >= 15 is 0 Å². The van der Waals surface area contributed by atoms with Crippen LogP contribution in [0.5, 0.6) is 0 Å². The number of nitrogens with one attached hydrogen (secondary N) is 2. The molecule has 2 aliphatic carbocycles. The van der Waals surface area contributed by atoms with Gasteiger partial charge in [0, 0.05) is 44.7 Å². The SMILES string of the molecule is CCC1CCC(Nc2ccc(SC3CC3)cc2-c2cc(C)nc3[nH]ccc23)CC1. The molecule has 0 spiro atoms. The molecule has 3 aromatic rings. The molecule has 0 atom stereocenters. The number of rotatable bonds is 6. The average molecular weight is 406 g/mol. The van der Waals surface area contributed by atoms with Gasteiger partial charge < -0.3 is 10.3 Å². The van der Waals surface area contributed by atoms with Crippen LogP contribution in [0.4, 0.5) is 5.69 Å². The van der Waals surface area contributed by atoms with Crippen molar-refractivity contribution in [2.24, 2.45) is 5.92 Å². The summed E-state index contributed by atoms with van der Waals surface area (Å²) in [5.41, 5.74) is 5.93. The number of benzene rings is 1.